The second-order valence-corrected chi connectivity index (χ2v) is 4.86. The van der Waals surface area contributed by atoms with Gasteiger partial charge in [0.05, 0.1) is 0 Å². The highest BCUT2D eigenvalue weighted by atomic mass is 19.1. The van der Waals surface area contributed by atoms with E-state index in [1.54, 1.807) is 0 Å². The molecule has 1 N–H and O–H groups in total. The molecule has 0 aliphatic rings. The van der Waals surface area contributed by atoms with Crippen molar-refractivity contribution in [3.05, 3.63) is 71.3 Å². The molecule has 3 heteroatoms. The summed E-state index contributed by atoms with van der Waals surface area (Å²) in [5.74, 6) is -0.604. The van der Waals surface area contributed by atoms with Crippen LogP contribution in [0.25, 0.3) is 0 Å². The minimum Gasteiger partial charge on any atom is -0.316 e. The van der Waals surface area contributed by atoms with E-state index in [1.807, 2.05) is 37.3 Å². The molecule has 2 aromatic rings. The first-order chi connectivity index (χ1) is 9.70. The molecular weight excluding hydrogens is 256 g/mol. The van der Waals surface area contributed by atoms with Crippen LogP contribution in [0, 0.1) is 11.6 Å². The van der Waals surface area contributed by atoms with Gasteiger partial charge in [-0.1, -0.05) is 37.3 Å². The van der Waals surface area contributed by atoms with Crippen LogP contribution in [0.4, 0.5) is 8.78 Å². The molecule has 0 saturated heterocycles. The van der Waals surface area contributed by atoms with Crippen LogP contribution in [0.15, 0.2) is 48.5 Å². The number of benzene rings is 2. The number of rotatable bonds is 6. The molecule has 0 bridgehead atoms. The minimum atomic E-state index is -0.392. The number of halogens is 2. The van der Waals surface area contributed by atoms with Gasteiger partial charge >= 0.3 is 0 Å². The fourth-order valence-electron chi connectivity index (χ4n) is 2.32. The molecule has 0 fully saturated rings. The largest absolute Gasteiger partial charge is 0.316 e. The van der Waals surface area contributed by atoms with Crippen molar-refractivity contribution in [1.29, 1.82) is 0 Å². The quantitative estimate of drug-likeness (QED) is 0.843. The van der Waals surface area contributed by atoms with Gasteiger partial charge in [-0.2, -0.15) is 0 Å². The zero-order valence-corrected chi connectivity index (χ0v) is 11.6. The lowest BCUT2D eigenvalue weighted by Gasteiger charge is -2.18. The molecule has 2 rings (SSSR count). The van der Waals surface area contributed by atoms with E-state index in [2.05, 4.69) is 5.32 Å². The van der Waals surface area contributed by atoms with Gasteiger partial charge in [-0.05, 0) is 42.3 Å². The van der Waals surface area contributed by atoms with Crippen LogP contribution in [0.5, 0.6) is 0 Å². The zero-order chi connectivity index (χ0) is 14.4. The summed E-state index contributed by atoms with van der Waals surface area (Å²) in [6.45, 7) is 3.64. The summed E-state index contributed by atoms with van der Waals surface area (Å²) in [5, 5.41) is 3.28. The van der Waals surface area contributed by atoms with Gasteiger partial charge in [0.2, 0.25) is 0 Å². The summed E-state index contributed by atoms with van der Waals surface area (Å²) >= 11 is 0. The van der Waals surface area contributed by atoms with E-state index >= 15 is 0 Å². The Morgan fingerprint density at radius 2 is 1.80 bits per heavy atom. The van der Waals surface area contributed by atoms with E-state index in [0.717, 1.165) is 24.7 Å². The molecule has 0 radical (unpaired) electrons. The third kappa shape index (κ3) is 3.87. The fraction of sp³-hybridized carbons (Fsp3) is 0.294. The van der Waals surface area contributed by atoms with Crippen LogP contribution in [-0.2, 0) is 6.42 Å². The van der Waals surface area contributed by atoms with Gasteiger partial charge in [0.15, 0.2) is 0 Å². The number of hydrogen-bond acceptors (Lipinski definition) is 1. The number of hydrogen-bond donors (Lipinski definition) is 1. The van der Waals surface area contributed by atoms with Gasteiger partial charge in [0.1, 0.15) is 11.6 Å². The maximum Gasteiger partial charge on any atom is 0.126 e. The zero-order valence-electron chi connectivity index (χ0n) is 11.6. The predicted octanol–water partition coefficient (Wildman–Crippen LogP) is 3.90. The molecule has 2 aromatic carbocycles. The Morgan fingerprint density at radius 1 is 1.05 bits per heavy atom. The number of likely N-dealkylation sites (N-methyl/N-ethyl adjacent to an activating group) is 1. The Kier molecular flexibility index (Phi) is 5.24. The second-order valence-electron chi connectivity index (χ2n) is 4.86. The molecule has 1 unspecified atom stereocenters. The molecule has 1 nitrogen and oxygen atoms in total. The Bertz CT molecular complexity index is 540. The Balaban J connectivity index is 2.21. The second kappa shape index (κ2) is 7.15. The van der Waals surface area contributed by atoms with Crippen molar-refractivity contribution in [3.8, 4) is 0 Å². The van der Waals surface area contributed by atoms with Gasteiger partial charge in [-0.3, -0.25) is 0 Å². The first kappa shape index (κ1) is 14.7. The molecular formula is C17H19F2N. The fourth-order valence-corrected chi connectivity index (χ4v) is 2.32. The van der Waals surface area contributed by atoms with Crippen LogP contribution in [0.3, 0.4) is 0 Å². The lowest BCUT2D eigenvalue weighted by atomic mass is 9.91. The van der Waals surface area contributed by atoms with E-state index in [1.165, 1.54) is 12.1 Å². The monoisotopic (exact) mass is 275 g/mol. The lowest BCUT2D eigenvalue weighted by molar-refractivity contribution is 0.551. The Hall–Kier alpha value is -1.74. The van der Waals surface area contributed by atoms with Crippen LogP contribution >= 0.6 is 0 Å². The first-order valence-corrected chi connectivity index (χ1v) is 6.90. The van der Waals surface area contributed by atoms with Crippen molar-refractivity contribution < 1.29 is 8.78 Å². The van der Waals surface area contributed by atoms with Gasteiger partial charge in [-0.25, -0.2) is 8.78 Å². The van der Waals surface area contributed by atoms with Crippen molar-refractivity contribution in [1.82, 2.24) is 5.32 Å². The van der Waals surface area contributed by atoms with Gasteiger partial charge in [0.25, 0.3) is 0 Å². The summed E-state index contributed by atoms with van der Waals surface area (Å²) in [6.07, 6.45) is 0.487. The third-order valence-corrected chi connectivity index (χ3v) is 3.39. The smallest absolute Gasteiger partial charge is 0.126 e. The first-order valence-electron chi connectivity index (χ1n) is 6.90. The molecule has 0 heterocycles. The van der Waals surface area contributed by atoms with E-state index in [-0.39, 0.29) is 11.7 Å². The van der Waals surface area contributed by atoms with Crippen molar-refractivity contribution in [2.45, 2.75) is 19.3 Å². The van der Waals surface area contributed by atoms with Crippen molar-refractivity contribution in [3.63, 3.8) is 0 Å². The average molecular weight is 275 g/mol. The highest BCUT2D eigenvalue weighted by molar-refractivity contribution is 5.26. The van der Waals surface area contributed by atoms with E-state index in [4.69, 9.17) is 0 Å². The SMILES string of the molecule is CCNCC(Cc1cc(F)ccc1F)c1ccccc1. The Morgan fingerprint density at radius 3 is 2.50 bits per heavy atom. The summed E-state index contributed by atoms with van der Waals surface area (Å²) in [6, 6.07) is 13.6. The third-order valence-electron chi connectivity index (χ3n) is 3.39. The van der Waals surface area contributed by atoms with Crippen LogP contribution in [0.1, 0.15) is 24.0 Å². The maximum atomic E-state index is 13.8. The molecule has 0 aliphatic heterocycles. The lowest BCUT2D eigenvalue weighted by Crippen LogP contribution is -2.23. The average Bonchev–Trinajstić information content (AvgIpc) is 2.48. The molecule has 1 atom stereocenters. The van der Waals surface area contributed by atoms with Crippen molar-refractivity contribution >= 4 is 0 Å². The molecule has 20 heavy (non-hydrogen) atoms. The molecule has 0 aromatic heterocycles. The van der Waals surface area contributed by atoms with Gasteiger partial charge in [-0.15, -0.1) is 0 Å². The molecule has 0 amide bonds. The maximum absolute atomic E-state index is 13.8. The van der Waals surface area contributed by atoms with Crippen molar-refractivity contribution in [2.24, 2.45) is 0 Å². The Labute approximate surface area is 118 Å². The summed E-state index contributed by atoms with van der Waals surface area (Å²) in [7, 11) is 0. The predicted molar refractivity (Wildman–Crippen MR) is 77.8 cm³/mol. The summed E-state index contributed by atoms with van der Waals surface area (Å²) in [5.41, 5.74) is 1.56. The van der Waals surface area contributed by atoms with Crippen LogP contribution in [-0.4, -0.2) is 13.1 Å². The van der Waals surface area contributed by atoms with E-state index < -0.39 is 5.82 Å². The van der Waals surface area contributed by atoms with Crippen LogP contribution < -0.4 is 5.32 Å². The van der Waals surface area contributed by atoms with Gasteiger partial charge < -0.3 is 5.32 Å². The van der Waals surface area contributed by atoms with Gasteiger partial charge in [0, 0.05) is 12.5 Å². The van der Waals surface area contributed by atoms with Crippen molar-refractivity contribution in [2.75, 3.05) is 13.1 Å². The topological polar surface area (TPSA) is 12.0 Å². The normalized spacial score (nSPS) is 12.3. The molecule has 0 saturated carbocycles. The molecule has 0 spiro atoms. The molecule has 0 aliphatic carbocycles. The minimum absolute atomic E-state index is 0.132. The van der Waals surface area contributed by atoms with Crippen LogP contribution in [0.2, 0.25) is 0 Å². The number of nitrogens with one attached hydrogen (secondary N) is 1. The van der Waals surface area contributed by atoms with E-state index in [0.29, 0.717) is 12.0 Å². The highest BCUT2D eigenvalue weighted by Gasteiger charge is 2.14. The molecule has 106 valence electrons. The summed E-state index contributed by atoms with van der Waals surface area (Å²) < 4.78 is 27.1. The summed E-state index contributed by atoms with van der Waals surface area (Å²) in [4.78, 5) is 0. The van der Waals surface area contributed by atoms with E-state index in [9.17, 15) is 8.78 Å². The highest BCUT2D eigenvalue weighted by Crippen LogP contribution is 2.22. The standard InChI is InChI=1S/C17H19F2N/c1-2-20-12-15(13-6-4-3-5-7-13)10-14-11-16(18)8-9-17(14)19/h3-9,11,15,20H,2,10,12H2,1H3.